The molecule has 0 saturated heterocycles. The monoisotopic (exact) mass is 274 g/mol. The predicted molar refractivity (Wildman–Crippen MR) is 77.6 cm³/mol. The number of carbonyl (C=O) groups excluding carboxylic acids is 2. The minimum absolute atomic E-state index is 0.0775. The zero-order valence-electron chi connectivity index (χ0n) is 12.0. The Labute approximate surface area is 120 Å². The molecule has 2 aliphatic rings. The topological polar surface area (TPSA) is 49.4 Å². The van der Waals surface area contributed by atoms with Crippen molar-refractivity contribution in [2.75, 3.05) is 13.1 Å². The summed E-state index contributed by atoms with van der Waals surface area (Å²) in [5.41, 5.74) is 0. The highest BCUT2D eigenvalue weighted by atomic mass is 16.2. The summed E-state index contributed by atoms with van der Waals surface area (Å²) in [6, 6.07) is 0.208. The van der Waals surface area contributed by atoms with E-state index in [1.54, 1.807) is 6.08 Å². The lowest BCUT2D eigenvalue weighted by Crippen LogP contribution is -2.39. The molecule has 0 spiro atoms. The van der Waals surface area contributed by atoms with Crippen LogP contribution in [0.3, 0.4) is 0 Å². The number of rotatable bonds is 4. The first kappa shape index (κ1) is 14.6. The second kappa shape index (κ2) is 6.60. The maximum Gasteiger partial charge on any atom is 0.246 e. The first-order chi connectivity index (χ1) is 9.61. The van der Waals surface area contributed by atoms with Crippen molar-refractivity contribution >= 4 is 11.8 Å². The van der Waals surface area contributed by atoms with Gasteiger partial charge in [-0.2, -0.15) is 0 Å². The molecular formula is C16H22N2O2. The molecule has 1 atom stereocenters. The highest BCUT2D eigenvalue weighted by Gasteiger charge is 2.30. The van der Waals surface area contributed by atoms with Gasteiger partial charge in [0.05, 0.1) is 6.54 Å². The van der Waals surface area contributed by atoms with Gasteiger partial charge in [-0.3, -0.25) is 9.59 Å². The Kier molecular flexibility index (Phi) is 4.84. The van der Waals surface area contributed by atoms with Crippen LogP contribution in [-0.4, -0.2) is 35.8 Å². The molecule has 1 N–H and O–H groups in total. The Hall–Kier alpha value is -1.76. The zero-order valence-corrected chi connectivity index (χ0v) is 12.0. The van der Waals surface area contributed by atoms with E-state index in [1.807, 2.05) is 17.9 Å². The fraction of sp³-hybridized carbons (Fsp3) is 0.625. The molecule has 0 aromatic heterocycles. The molecule has 1 fully saturated rings. The molecule has 2 rings (SSSR count). The predicted octanol–water partition coefficient (Wildman–Crippen LogP) is 1.33. The molecule has 0 bridgehead atoms. The first-order valence-electron chi connectivity index (χ1n) is 7.31. The minimum Gasteiger partial charge on any atom is -0.345 e. The van der Waals surface area contributed by atoms with Crippen molar-refractivity contribution < 1.29 is 9.59 Å². The van der Waals surface area contributed by atoms with Crippen LogP contribution in [-0.2, 0) is 9.59 Å². The summed E-state index contributed by atoms with van der Waals surface area (Å²) in [7, 11) is 0. The Bertz CT molecular complexity index is 442. The summed E-state index contributed by atoms with van der Waals surface area (Å²) in [6.07, 6.45) is 12.5. The van der Waals surface area contributed by atoms with E-state index in [4.69, 9.17) is 6.42 Å². The molecule has 2 amide bonds. The van der Waals surface area contributed by atoms with E-state index in [9.17, 15) is 9.59 Å². The third-order valence-electron chi connectivity index (χ3n) is 4.33. The van der Waals surface area contributed by atoms with Gasteiger partial charge in [0.15, 0.2) is 0 Å². The van der Waals surface area contributed by atoms with Crippen molar-refractivity contribution in [1.29, 1.82) is 0 Å². The van der Waals surface area contributed by atoms with Gasteiger partial charge in [-0.25, -0.2) is 0 Å². The van der Waals surface area contributed by atoms with Crippen LogP contribution < -0.4 is 5.32 Å². The van der Waals surface area contributed by atoms with Crippen LogP contribution in [0.5, 0.6) is 0 Å². The van der Waals surface area contributed by atoms with E-state index in [0.29, 0.717) is 12.5 Å². The van der Waals surface area contributed by atoms with Gasteiger partial charge >= 0.3 is 0 Å². The minimum atomic E-state index is 0.0775. The maximum atomic E-state index is 11.8. The van der Waals surface area contributed by atoms with Crippen molar-refractivity contribution in [1.82, 2.24) is 10.2 Å². The molecule has 0 aromatic carbocycles. The zero-order chi connectivity index (χ0) is 14.5. The van der Waals surface area contributed by atoms with Crippen molar-refractivity contribution in [2.45, 2.75) is 38.6 Å². The van der Waals surface area contributed by atoms with Crippen molar-refractivity contribution in [3.8, 4) is 12.3 Å². The van der Waals surface area contributed by atoms with Gasteiger partial charge < -0.3 is 10.2 Å². The number of amides is 2. The third kappa shape index (κ3) is 3.41. The SMILES string of the molecule is C#CCNC(=O)C1CCC(CN2C(=O)C=CC2C)CC1. The molecule has 0 aromatic rings. The van der Waals surface area contributed by atoms with Crippen molar-refractivity contribution in [3.05, 3.63) is 12.2 Å². The Morgan fingerprint density at radius 1 is 1.45 bits per heavy atom. The normalized spacial score (nSPS) is 29.3. The fourth-order valence-corrected chi connectivity index (χ4v) is 3.05. The summed E-state index contributed by atoms with van der Waals surface area (Å²) in [5.74, 6) is 3.22. The van der Waals surface area contributed by atoms with Gasteiger partial charge in [-0.05, 0) is 38.5 Å². The highest BCUT2D eigenvalue weighted by molar-refractivity contribution is 5.90. The highest BCUT2D eigenvalue weighted by Crippen LogP contribution is 2.30. The molecule has 0 radical (unpaired) electrons. The lowest BCUT2D eigenvalue weighted by molar-refractivity contribution is -0.128. The van der Waals surface area contributed by atoms with Crippen LogP contribution in [0.4, 0.5) is 0 Å². The lowest BCUT2D eigenvalue weighted by Gasteiger charge is -2.32. The van der Waals surface area contributed by atoms with Crippen LogP contribution in [0.25, 0.3) is 0 Å². The van der Waals surface area contributed by atoms with Gasteiger partial charge in [0.25, 0.3) is 0 Å². The van der Waals surface area contributed by atoms with E-state index in [-0.39, 0.29) is 23.8 Å². The molecule has 1 aliphatic carbocycles. The fourth-order valence-electron chi connectivity index (χ4n) is 3.05. The summed E-state index contributed by atoms with van der Waals surface area (Å²) < 4.78 is 0. The van der Waals surface area contributed by atoms with Gasteiger partial charge in [-0.15, -0.1) is 6.42 Å². The second-order valence-corrected chi connectivity index (χ2v) is 5.73. The number of nitrogens with zero attached hydrogens (tertiary/aromatic N) is 1. The number of hydrogen-bond donors (Lipinski definition) is 1. The van der Waals surface area contributed by atoms with Gasteiger partial charge in [0.2, 0.25) is 11.8 Å². The van der Waals surface area contributed by atoms with Crippen LogP contribution >= 0.6 is 0 Å². The van der Waals surface area contributed by atoms with Gasteiger partial charge in [-0.1, -0.05) is 12.0 Å². The molecule has 4 heteroatoms. The average Bonchev–Trinajstić information content (AvgIpc) is 2.77. The van der Waals surface area contributed by atoms with Gasteiger partial charge in [0, 0.05) is 24.6 Å². The molecule has 108 valence electrons. The largest absolute Gasteiger partial charge is 0.345 e. The molecule has 1 saturated carbocycles. The van der Waals surface area contributed by atoms with E-state index >= 15 is 0 Å². The standard InChI is InChI=1S/C16H22N2O2/c1-3-10-17-16(20)14-7-5-13(6-8-14)11-18-12(2)4-9-15(18)19/h1,4,9,12-14H,5-8,10-11H2,2H3,(H,17,20). The third-order valence-corrected chi connectivity index (χ3v) is 4.33. The quantitative estimate of drug-likeness (QED) is 0.786. The second-order valence-electron chi connectivity index (χ2n) is 5.73. The molecule has 4 nitrogen and oxygen atoms in total. The summed E-state index contributed by atoms with van der Waals surface area (Å²) in [4.78, 5) is 25.5. The summed E-state index contributed by atoms with van der Waals surface area (Å²) in [5, 5.41) is 2.75. The number of nitrogens with one attached hydrogen (secondary N) is 1. The van der Waals surface area contributed by atoms with Crippen LogP contribution in [0.2, 0.25) is 0 Å². The smallest absolute Gasteiger partial charge is 0.246 e. The number of hydrogen-bond acceptors (Lipinski definition) is 2. The van der Waals surface area contributed by atoms with E-state index < -0.39 is 0 Å². The van der Waals surface area contributed by atoms with E-state index in [0.717, 1.165) is 32.2 Å². The van der Waals surface area contributed by atoms with Crippen molar-refractivity contribution in [2.24, 2.45) is 11.8 Å². The summed E-state index contributed by atoms with van der Waals surface area (Å²) >= 11 is 0. The van der Waals surface area contributed by atoms with Crippen LogP contribution in [0.1, 0.15) is 32.6 Å². The Morgan fingerprint density at radius 3 is 2.70 bits per heavy atom. The molecule has 20 heavy (non-hydrogen) atoms. The van der Waals surface area contributed by atoms with Crippen molar-refractivity contribution in [3.63, 3.8) is 0 Å². The molecular weight excluding hydrogens is 252 g/mol. The van der Waals surface area contributed by atoms with Gasteiger partial charge in [0.1, 0.15) is 0 Å². The first-order valence-corrected chi connectivity index (χ1v) is 7.31. The molecule has 1 aliphatic heterocycles. The average molecular weight is 274 g/mol. The van der Waals surface area contributed by atoms with E-state index in [2.05, 4.69) is 11.2 Å². The molecule has 1 unspecified atom stereocenters. The summed E-state index contributed by atoms with van der Waals surface area (Å²) in [6.45, 7) is 3.16. The molecule has 1 heterocycles. The Balaban J connectivity index is 1.76. The number of carbonyl (C=O) groups is 2. The Morgan fingerprint density at radius 2 is 2.15 bits per heavy atom. The lowest BCUT2D eigenvalue weighted by atomic mass is 9.81. The van der Waals surface area contributed by atoms with E-state index in [1.165, 1.54) is 0 Å². The maximum absolute atomic E-state index is 11.8. The van der Waals surface area contributed by atoms with Crippen LogP contribution in [0.15, 0.2) is 12.2 Å². The van der Waals surface area contributed by atoms with Crippen LogP contribution in [0, 0.1) is 24.2 Å². The number of terminal acetylenes is 1.